The average Bonchev–Trinajstić information content (AvgIpc) is 2.56. The van der Waals surface area contributed by atoms with Crippen molar-refractivity contribution < 1.29 is 10.2 Å². The third-order valence-corrected chi connectivity index (χ3v) is 5.75. The molecule has 1 saturated carbocycles. The highest BCUT2D eigenvalue weighted by Gasteiger charge is 2.32. The third kappa shape index (κ3) is 3.51. The molecule has 0 amide bonds. The van der Waals surface area contributed by atoms with Crippen molar-refractivity contribution in [1.82, 2.24) is 0 Å². The van der Waals surface area contributed by atoms with Gasteiger partial charge in [0.1, 0.15) is 11.5 Å². The molecule has 0 spiro atoms. The summed E-state index contributed by atoms with van der Waals surface area (Å²) in [6.07, 6.45) is 4.24. The minimum atomic E-state index is -0.0238. The summed E-state index contributed by atoms with van der Waals surface area (Å²) in [5.41, 5.74) is 7.20. The lowest BCUT2D eigenvalue weighted by Crippen LogP contribution is -2.19. The van der Waals surface area contributed by atoms with Crippen LogP contribution >= 0.6 is 0 Å². The average molecular weight is 351 g/mol. The molecule has 1 fully saturated rings. The summed E-state index contributed by atoms with van der Waals surface area (Å²) in [4.78, 5) is 0. The Labute approximate surface area is 157 Å². The van der Waals surface area contributed by atoms with Crippen molar-refractivity contribution in [3.8, 4) is 11.5 Å². The zero-order valence-electron chi connectivity index (χ0n) is 16.4. The monoisotopic (exact) mass is 350 g/mol. The first-order valence-corrected chi connectivity index (χ1v) is 9.54. The van der Waals surface area contributed by atoms with Crippen molar-refractivity contribution in [3.05, 3.63) is 69.8 Å². The van der Waals surface area contributed by atoms with Gasteiger partial charge in [0.25, 0.3) is 0 Å². The summed E-state index contributed by atoms with van der Waals surface area (Å²) in [6, 6.07) is 8.19. The molecule has 26 heavy (non-hydrogen) atoms. The maximum absolute atomic E-state index is 10.9. The van der Waals surface area contributed by atoms with Crippen LogP contribution in [0, 0.1) is 33.6 Å². The molecule has 1 unspecified atom stereocenters. The molecule has 0 aliphatic heterocycles. The van der Waals surface area contributed by atoms with Crippen molar-refractivity contribution in [2.75, 3.05) is 0 Å². The second-order valence-corrected chi connectivity index (χ2v) is 8.12. The Bertz CT molecular complexity index is 790. The molecule has 3 rings (SSSR count). The number of aromatic hydroxyl groups is 2. The van der Waals surface area contributed by atoms with Gasteiger partial charge in [0.2, 0.25) is 0 Å². The number of hydrogen-bond donors (Lipinski definition) is 2. The van der Waals surface area contributed by atoms with Crippen LogP contribution in [0.1, 0.15) is 65.0 Å². The summed E-state index contributed by atoms with van der Waals surface area (Å²) in [5.74, 6) is 1.03. The van der Waals surface area contributed by atoms with Crippen LogP contribution in [0.15, 0.2) is 36.4 Å². The van der Waals surface area contributed by atoms with E-state index in [0.29, 0.717) is 17.4 Å². The Kier molecular flexibility index (Phi) is 5.13. The number of benzene rings is 2. The maximum Gasteiger partial charge on any atom is 0.122 e. The molecule has 0 radical (unpaired) electrons. The highest BCUT2D eigenvalue weighted by molar-refractivity contribution is 5.54. The molecule has 0 bridgehead atoms. The van der Waals surface area contributed by atoms with Crippen molar-refractivity contribution in [3.63, 3.8) is 0 Å². The quantitative estimate of drug-likeness (QED) is 0.646. The van der Waals surface area contributed by atoms with E-state index in [1.54, 1.807) is 0 Å². The van der Waals surface area contributed by atoms with Gasteiger partial charge in [-0.25, -0.2) is 0 Å². The first-order valence-electron chi connectivity index (χ1n) is 9.54. The topological polar surface area (TPSA) is 40.5 Å². The second kappa shape index (κ2) is 7.19. The van der Waals surface area contributed by atoms with Crippen molar-refractivity contribution in [1.29, 1.82) is 0 Å². The summed E-state index contributed by atoms with van der Waals surface area (Å²) >= 11 is 0. The smallest absolute Gasteiger partial charge is 0.122 e. The van der Waals surface area contributed by atoms with E-state index >= 15 is 0 Å². The number of rotatable bonds is 3. The summed E-state index contributed by atoms with van der Waals surface area (Å²) in [5, 5.41) is 21.8. The molecule has 0 saturated heterocycles. The minimum absolute atomic E-state index is 0.0238. The van der Waals surface area contributed by atoms with Gasteiger partial charge in [-0.1, -0.05) is 47.5 Å². The van der Waals surface area contributed by atoms with E-state index in [1.165, 1.54) is 5.57 Å². The van der Waals surface area contributed by atoms with E-state index in [4.69, 9.17) is 0 Å². The van der Waals surface area contributed by atoms with Gasteiger partial charge in [0.05, 0.1) is 0 Å². The predicted octanol–water partition coefficient (Wildman–Crippen LogP) is 6.21. The van der Waals surface area contributed by atoms with Crippen LogP contribution in [0.2, 0.25) is 0 Å². The van der Waals surface area contributed by atoms with Crippen LogP contribution in [0.4, 0.5) is 0 Å². The zero-order chi connectivity index (χ0) is 19.0. The Morgan fingerprint density at radius 3 is 1.85 bits per heavy atom. The largest absolute Gasteiger partial charge is 0.507 e. The van der Waals surface area contributed by atoms with Crippen LogP contribution in [0.25, 0.3) is 0 Å². The third-order valence-electron chi connectivity index (χ3n) is 5.75. The summed E-state index contributed by atoms with van der Waals surface area (Å²) in [7, 11) is 0. The molecular formula is C24H30O2. The highest BCUT2D eigenvalue weighted by atomic mass is 16.3. The number of hydrogen-bond acceptors (Lipinski definition) is 2. The molecule has 2 aromatic rings. The number of aryl methyl sites for hydroxylation is 4. The lowest BCUT2D eigenvalue weighted by molar-refractivity contribution is 0.359. The van der Waals surface area contributed by atoms with E-state index < -0.39 is 0 Å². The van der Waals surface area contributed by atoms with Crippen LogP contribution in [0.5, 0.6) is 11.5 Å². The Morgan fingerprint density at radius 2 is 1.38 bits per heavy atom. The number of phenols is 2. The molecular weight excluding hydrogens is 320 g/mol. The molecule has 0 heterocycles. The fraction of sp³-hybridized carbons (Fsp3) is 0.417. The molecule has 2 heteroatoms. The fourth-order valence-corrected chi connectivity index (χ4v) is 4.61. The SMILES string of the molecule is C=C1CCCC(C(c2cc(C)cc(C)c2O)c2cc(C)cc(C)c2O)C1. The van der Waals surface area contributed by atoms with Crippen molar-refractivity contribution >= 4 is 0 Å². The summed E-state index contributed by atoms with van der Waals surface area (Å²) in [6.45, 7) is 12.2. The van der Waals surface area contributed by atoms with Gasteiger partial charge in [-0.2, -0.15) is 0 Å². The Hall–Kier alpha value is -2.22. The zero-order valence-corrected chi connectivity index (χ0v) is 16.4. The van der Waals surface area contributed by atoms with Gasteiger partial charge < -0.3 is 10.2 Å². The molecule has 2 aromatic carbocycles. The van der Waals surface area contributed by atoms with E-state index in [-0.39, 0.29) is 5.92 Å². The second-order valence-electron chi connectivity index (χ2n) is 8.12. The van der Waals surface area contributed by atoms with E-state index in [1.807, 2.05) is 26.0 Å². The molecule has 2 N–H and O–H groups in total. The maximum atomic E-state index is 10.9. The number of allylic oxidation sites excluding steroid dienone is 1. The lowest BCUT2D eigenvalue weighted by Gasteiger charge is -2.33. The standard InChI is InChI=1S/C24H30O2/c1-14-7-6-8-19(11-14)22(20-12-15(2)9-17(4)23(20)25)21-13-16(3)10-18(5)24(21)26/h9-10,12-13,19,22,25-26H,1,6-8,11H2,2-5H3. The highest BCUT2D eigenvalue weighted by Crippen LogP contribution is 2.48. The Morgan fingerprint density at radius 1 is 0.885 bits per heavy atom. The molecule has 0 aromatic heterocycles. The normalized spacial score (nSPS) is 17.7. The predicted molar refractivity (Wildman–Crippen MR) is 108 cm³/mol. The van der Waals surface area contributed by atoms with E-state index in [2.05, 4.69) is 32.6 Å². The van der Waals surface area contributed by atoms with Gasteiger partial charge in [-0.15, -0.1) is 0 Å². The van der Waals surface area contributed by atoms with Gasteiger partial charge in [-0.3, -0.25) is 0 Å². The molecule has 138 valence electrons. The van der Waals surface area contributed by atoms with E-state index in [0.717, 1.165) is 59.1 Å². The van der Waals surface area contributed by atoms with Gasteiger partial charge in [0.15, 0.2) is 0 Å². The molecule has 1 aliphatic rings. The number of phenolic OH excluding ortho intramolecular Hbond substituents is 2. The van der Waals surface area contributed by atoms with Crippen molar-refractivity contribution in [2.45, 2.75) is 59.3 Å². The molecule has 2 nitrogen and oxygen atoms in total. The van der Waals surface area contributed by atoms with Gasteiger partial charge in [-0.05, 0) is 70.4 Å². The van der Waals surface area contributed by atoms with Gasteiger partial charge in [0, 0.05) is 17.0 Å². The summed E-state index contributed by atoms with van der Waals surface area (Å²) < 4.78 is 0. The lowest BCUT2D eigenvalue weighted by atomic mass is 9.71. The first kappa shape index (κ1) is 18.6. The van der Waals surface area contributed by atoms with Crippen LogP contribution < -0.4 is 0 Å². The Balaban J connectivity index is 2.23. The first-order chi connectivity index (χ1) is 12.3. The van der Waals surface area contributed by atoms with Crippen LogP contribution in [0.3, 0.4) is 0 Å². The molecule has 1 atom stereocenters. The van der Waals surface area contributed by atoms with Gasteiger partial charge >= 0.3 is 0 Å². The van der Waals surface area contributed by atoms with Crippen LogP contribution in [-0.2, 0) is 0 Å². The van der Waals surface area contributed by atoms with Crippen LogP contribution in [-0.4, -0.2) is 10.2 Å². The van der Waals surface area contributed by atoms with E-state index in [9.17, 15) is 10.2 Å². The fourth-order valence-electron chi connectivity index (χ4n) is 4.61. The molecule has 1 aliphatic carbocycles. The minimum Gasteiger partial charge on any atom is -0.507 e. The van der Waals surface area contributed by atoms with Crippen molar-refractivity contribution in [2.24, 2.45) is 5.92 Å².